The Hall–Kier alpha value is -2.57. The smallest absolute Gasteiger partial charge is 0.338 e. The van der Waals surface area contributed by atoms with E-state index in [1.807, 2.05) is 16.8 Å². The van der Waals surface area contributed by atoms with Crippen LogP contribution in [0.5, 0.6) is 0 Å². The van der Waals surface area contributed by atoms with E-state index >= 15 is 0 Å². The maximum absolute atomic E-state index is 11.7. The number of aromatic nitrogens is 2. The Morgan fingerprint density at radius 2 is 2.41 bits per heavy atom. The van der Waals surface area contributed by atoms with E-state index < -0.39 is 0 Å². The summed E-state index contributed by atoms with van der Waals surface area (Å²) in [6.07, 6.45) is 1.77. The molecule has 0 aliphatic carbocycles. The molecule has 116 valence electrons. The molecule has 0 fully saturated rings. The summed E-state index contributed by atoms with van der Waals surface area (Å²) in [6, 6.07) is 5.49. The molecule has 0 atom stereocenters. The van der Waals surface area contributed by atoms with Crippen molar-refractivity contribution in [2.45, 2.75) is 13.5 Å². The molecule has 1 aliphatic rings. The van der Waals surface area contributed by atoms with Gasteiger partial charge in [0.25, 0.3) is 0 Å². The van der Waals surface area contributed by atoms with E-state index in [0.717, 1.165) is 43.0 Å². The Labute approximate surface area is 128 Å². The van der Waals surface area contributed by atoms with Crippen molar-refractivity contribution < 1.29 is 9.53 Å². The normalized spacial score (nSPS) is 13.8. The number of nitrogens with zero attached hydrogens (tertiary/aromatic N) is 3. The summed E-state index contributed by atoms with van der Waals surface area (Å²) in [5.41, 5.74) is 1.55. The molecule has 7 heteroatoms. The zero-order valence-corrected chi connectivity index (χ0v) is 12.5. The number of nitrogens with one attached hydrogen (secondary N) is 2. The van der Waals surface area contributed by atoms with Gasteiger partial charge in [-0.05, 0) is 25.1 Å². The molecule has 0 saturated carbocycles. The summed E-state index contributed by atoms with van der Waals surface area (Å²) >= 11 is 0. The maximum atomic E-state index is 11.7. The standard InChI is InChI=1S/C15H19N5O2/c1-2-22-14(21)11-3-4-13-12(9-11)10-19-20(13)8-7-18-15-16-5-6-17-15/h3-4,9-10H,2,5-8H2,1H3,(H2,16,17,18). The van der Waals surface area contributed by atoms with Gasteiger partial charge in [0.2, 0.25) is 0 Å². The SMILES string of the molecule is CCOC(=O)c1ccc2c(cnn2CCNC2=NCCN2)c1. The van der Waals surface area contributed by atoms with Crippen molar-refractivity contribution >= 4 is 22.8 Å². The van der Waals surface area contributed by atoms with E-state index in [0.29, 0.717) is 12.2 Å². The molecule has 0 radical (unpaired) electrons. The first-order chi connectivity index (χ1) is 10.8. The number of ether oxygens (including phenoxy) is 1. The van der Waals surface area contributed by atoms with E-state index in [2.05, 4.69) is 20.7 Å². The maximum Gasteiger partial charge on any atom is 0.338 e. The quantitative estimate of drug-likeness (QED) is 0.797. The number of esters is 1. The Kier molecular flexibility index (Phi) is 4.22. The number of fused-ring (bicyclic) bond motifs is 1. The number of hydrogen-bond donors (Lipinski definition) is 2. The number of aliphatic imine (C=N–C) groups is 1. The lowest BCUT2D eigenvalue weighted by atomic mass is 10.1. The van der Waals surface area contributed by atoms with Gasteiger partial charge >= 0.3 is 5.97 Å². The Balaban J connectivity index is 1.67. The molecule has 0 bridgehead atoms. The summed E-state index contributed by atoms with van der Waals surface area (Å²) in [5, 5.41) is 11.7. The number of carbonyl (C=O) groups is 1. The average molecular weight is 301 g/mol. The van der Waals surface area contributed by atoms with Gasteiger partial charge in [0.15, 0.2) is 5.96 Å². The van der Waals surface area contributed by atoms with Crippen LogP contribution in [0.4, 0.5) is 0 Å². The zero-order valence-electron chi connectivity index (χ0n) is 12.5. The van der Waals surface area contributed by atoms with Crippen molar-refractivity contribution in [1.29, 1.82) is 0 Å². The van der Waals surface area contributed by atoms with Crippen LogP contribution < -0.4 is 10.6 Å². The highest BCUT2D eigenvalue weighted by atomic mass is 16.5. The number of guanidine groups is 1. The summed E-state index contributed by atoms with van der Waals surface area (Å²) in [6.45, 7) is 5.35. The molecule has 0 spiro atoms. The predicted octanol–water partition coefficient (Wildman–Crippen LogP) is 0.762. The van der Waals surface area contributed by atoms with Crippen LogP contribution in [-0.2, 0) is 11.3 Å². The molecule has 22 heavy (non-hydrogen) atoms. The van der Waals surface area contributed by atoms with E-state index in [1.54, 1.807) is 19.2 Å². The van der Waals surface area contributed by atoms with Crippen molar-refractivity contribution in [2.75, 3.05) is 26.2 Å². The Morgan fingerprint density at radius 1 is 1.50 bits per heavy atom. The van der Waals surface area contributed by atoms with Crippen molar-refractivity contribution in [3.63, 3.8) is 0 Å². The van der Waals surface area contributed by atoms with Crippen molar-refractivity contribution in [2.24, 2.45) is 4.99 Å². The molecule has 0 saturated heterocycles. The Morgan fingerprint density at radius 3 is 3.18 bits per heavy atom. The van der Waals surface area contributed by atoms with Gasteiger partial charge < -0.3 is 15.4 Å². The Bertz CT molecular complexity index is 707. The zero-order chi connectivity index (χ0) is 15.4. The molecule has 2 aromatic rings. The minimum Gasteiger partial charge on any atom is -0.462 e. The highest BCUT2D eigenvalue weighted by molar-refractivity contribution is 5.94. The summed E-state index contributed by atoms with van der Waals surface area (Å²) < 4.78 is 6.92. The van der Waals surface area contributed by atoms with Crippen LogP contribution in [0.25, 0.3) is 10.9 Å². The summed E-state index contributed by atoms with van der Waals surface area (Å²) in [5.74, 6) is 0.546. The largest absolute Gasteiger partial charge is 0.462 e. The molecular formula is C15H19N5O2. The molecule has 2 heterocycles. The van der Waals surface area contributed by atoms with Crippen molar-refractivity contribution in [1.82, 2.24) is 20.4 Å². The van der Waals surface area contributed by atoms with Crippen LogP contribution in [0.2, 0.25) is 0 Å². The summed E-state index contributed by atoms with van der Waals surface area (Å²) in [4.78, 5) is 16.0. The van der Waals surface area contributed by atoms with Crippen LogP contribution >= 0.6 is 0 Å². The molecule has 0 amide bonds. The van der Waals surface area contributed by atoms with Crippen molar-refractivity contribution in [3.05, 3.63) is 30.0 Å². The van der Waals surface area contributed by atoms with Crippen LogP contribution in [0.1, 0.15) is 17.3 Å². The first-order valence-electron chi connectivity index (χ1n) is 7.43. The third-order valence-electron chi connectivity index (χ3n) is 3.44. The number of benzene rings is 1. The lowest BCUT2D eigenvalue weighted by Crippen LogP contribution is -2.35. The molecule has 2 N–H and O–H groups in total. The fraction of sp³-hybridized carbons (Fsp3) is 0.400. The average Bonchev–Trinajstić information content (AvgIpc) is 3.17. The van der Waals surface area contributed by atoms with Gasteiger partial charge in [-0.1, -0.05) is 0 Å². The minimum atomic E-state index is -0.302. The van der Waals surface area contributed by atoms with E-state index in [9.17, 15) is 4.79 Å². The van der Waals surface area contributed by atoms with Gasteiger partial charge in [-0.3, -0.25) is 9.67 Å². The van der Waals surface area contributed by atoms with Crippen LogP contribution in [0, 0.1) is 0 Å². The number of rotatable bonds is 5. The number of carbonyl (C=O) groups excluding carboxylic acids is 1. The lowest BCUT2D eigenvalue weighted by molar-refractivity contribution is 0.0526. The van der Waals surface area contributed by atoms with Gasteiger partial charge in [0.05, 0.1) is 37.0 Å². The molecule has 1 aliphatic heterocycles. The van der Waals surface area contributed by atoms with Gasteiger partial charge in [0.1, 0.15) is 0 Å². The van der Waals surface area contributed by atoms with Crippen LogP contribution in [0.3, 0.4) is 0 Å². The van der Waals surface area contributed by atoms with E-state index in [-0.39, 0.29) is 5.97 Å². The molecule has 1 aromatic carbocycles. The second-order valence-electron chi connectivity index (χ2n) is 4.95. The topological polar surface area (TPSA) is 80.5 Å². The second kappa shape index (κ2) is 6.46. The lowest BCUT2D eigenvalue weighted by Gasteiger charge is -2.07. The monoisotopic (exact) mass is 301 g/mol. The second-order valence-corrected chi connectivity index (χ2v) is 4.95. The summed E-state index contributed by atoms with van der Waals surface area (Å²) in [7, 11) is 0. The highest BCUT2D eigenvalue weighted by Gasteiger charge is 2.10. The molecule has 0 unspecified atom stereocenters. The highest BCUT2D eigenvalue weighted by Crippen LogP contribution is 2.16. The van der Waals surface area contributed by atoms with Gasteiger partial charge in [0, 0.05) is 18.5 Å². The van der Waals surface area contributed by atoms with E-state index in [1.165, 1.54) is 0 Å². The molecule has 7 nitrogen and oxygen atoms in total. The first-order valence-corrected chi connectivity index (χ1v) is 7.43. The van der Waals surface area contributed by atoms with Crippen molar-refractivity contribution in [3.8, 4) is 0 Å². The third-order valence-corrected chi connectivity index (χ3v) is 3.44. The van der Waals surface area contributed by atoms with Gasteiger partial charge in [-0.2, -0.15) is 5.10 Å². The van der Waals surface area contributed by atoms with Crippen LogP contribution in [0.15, 0.2) is 29.4 Å². The molecular weight excluding hydrogens is 282 g/mol. The predicted molar refractivity (Wildman–Crippen MR) is 84.0 cm³/mol. The van der Waals surface area contributed by atoms with E-state index in [4.69, 9.17) is 4.74 Å². The third kappa shape index (κ3) is 3.03. The molecule has 1 aromatic heterocycles. The molecule has 3 rings (SSSR count). The fourth-order valence-corrected chi connectivity index (χ4v) is 2.40. The fourth-order valence-electron chi connectivity index (χ4n) is 2.40. The van der Waals surface area contributed by atoms with Gasteiger partial charge in [-0.25, -0.2) is 4.79 Å². The van der Waals surface area contributed by atoms with Gasteiger partial charge in [-0.15, -0.1) is 0 Å². The minimum absolute atomic E-state index is 0.302. The van der Waals surface area contributed by atoms with Crippen LogP contribution in [-0.4, -0.2) is 48.0 Å². The first kappa shape index (κ1) is 14.4. The number of hydrogen-bond acceptors (Lipinski definition) is 6.